The van der Waals surface area contributed by atoms with E-state index in [2.05, 4.69) is 10.3 Å². The molecule has 200 valence electrons. The molecule has 0 fully saturated rings. The number of nitrogens with zero attached hydrogens (tertiary/aromatic N) is 3. The van der Waals surface area contributed by atoms with Crippen LogP contribution in [0.2, 0.25) is 0 Å². The Balaban J connectivity index is 1.46. The molecule has 2 aromatic carbocycles. The van der Waals surface area contributed by atoms with E-state index in [1.807, 2.05) is 39.0 Å². The highest BCUT2D eigenvalue weighted by molar-refractivity contribution is 7.20. The Hall–Kier alpha value is -4.31. The lowest BCUT2D eigenvalue weighted by Crippen LogP contribution is -2.38. The van der Waals surface area contributed by atoms with E-state index in [0.29, 0.717) is 49.9 Å². The summed E-state index contributed by atoms with van der Waals surface area (Å²) in [6.45, 7) is 9.50. The Labute approximate surface area is 229 Å². The van der Waals surface area contributed by atoms with E-state index >= 15 is 0 Å². The molecule has 4 aromatic rings. The van der Waals surface area contributed by atoms with E-state index in [-0.39, 0.29) is 24.2 Å². The Morgan fingerprint density at radius 1 is 1.13 bits per heavy atom. The first-order chi connectivity index (χ1) is 18.6. The Morgan fingerprint density at radius 2 is 1.90 bits per heavy atom. The van der Waals surface area contributed by atoms with Gasteiger partial charge in [-0.15, -0.1) is 11.3 Å². The first-order valence-electron chi connectivity index (χ1n) is 12.6. The molecule has 2 aromatic heterocycles. The van der Waals surface area contributed by atoms with Crippen LogP contribution in [-0.2, 0) is 4.79 Å². The molecule has 0 spiro atoms. The highest BCUT2D eigenvalue weighted by atomic mass is 32.1. The maximum atomic E-state index is 13.6. The Bertz CT molecular complexity index is 1720. The number of aryl methyl sites for hydroxylation is 3. The standard InChI is InChI=1S/C29H28N4O5S/c1-6-32-21-12-19(8-10-22(21)38-13-23(32)34)25(35)18(5)33-14-30-28-24(29(33)37)17(4)26(39-28)27(36)31-20-9-7-15(2)11-16(20)3/h7-12,14,18H,6,13H2,1-5H3,(H,31,36). The smallest absolute Gasteiger partial charge is 0.266 e. The summed E-state index contributed by atoms with van der Waals surface area (Å²) in [5, 5.41) is 3.25. The van der Waals surface area contributed by atoms with Crippen LogP contribution in [0.1, 0.15) is 56.6 Å². The van der Waals surface area contributed by atoms with Crippen molar-refractivity contribution in [2.24, 2.45) is 0 Å². The van der Waals surface area contributed by atoms with Gasteiger partial charge in [-0.05, 0) is 70.0 Å². The number of Topliss-reactive ketones (excluding diaryl/α,β-unsaturated/α-hetero) is 1. The van der Waals surface area contributed by atoms with Crippen molar-refractivity contribution < 1.29 is 19.1 Å². The minimum atomic E-state index is -0.866. The van der Waals surface area contributed by atoms with Gasteiger partial charge in [0.15, 0.2) is 12.4 Å². The molecule has 2 amide bonds. The number of hydrogen-bond donors (Lipinski definition) is 1. The second-order valence-corrected chi connectivity index (χ2v) is 10.6. The molecule has 0 radical (unpaired) electrons. The van der Waals surface area contributed by atoms with Gasteiger partial charge in [0.05, 0.1) is 28.3 Å². The molecular formula is C29H28N4O5S. The summed E-state index contributed by atoms with van der Waals surface area (Å²) in [5.41, 5.74) is 3.73. The van der Waals surface area contributed by atoms with Crippen molar-refractivity contribution in [2.45, 2.75) is 40.7 Å². The molecule has 0 aliphatic carbocycles. The number of amides is 2. The highest BCUT2D eigenvalue weighted by Gasteiger charge is 2.28. The second-order valence-electron chi connectivity index (χ2n) is 9.62. The average Bonchev–Trinajstić information content (AvgIpc) is 3.26. The summed E-state index contributed by atoms with van der Waals surface area (Å²) < 4.78 is 6.79. The minimum Gasteiger partial charge on any atom is -0.482 e. The lowest BCUT2D eigenvalue weighted by Gasteiger charge is -2.28. The number of benzene rings is 2. The van der Waals surface area contributed by atoms with Gasteiger partial charge in [-0.1, -0.05) is 17.7 Å². The van der Waals surface area contributed by atoms with Crippen molar-refractivity contribution in [2.75, 3.05) is 23.4 Å². The lowest BCUT2D eigenvalue weighted by molar-refractivity contribution is -0.121. The first-order valence-corrected chi connectivity index (χ1v) is 13.4. The molecular weight excluding hydrogens is 516 g/mol. The zero-order valence-electron chi connectivity index (χ0n) is 22.3. The van der Waals surface area contributed by atoms with Gasteiger partial charge in [-0.3, -0.25) is 23.7 Å². The summed E-state index contributed by atoms with van der Waals surface area (Å²) in [6, 6.07) is 9.81. The normalized spacial score (nSPS) is 13.7. The third kappa shape index (κ3) is 4.61. The molecule has 3 heterocycles. The van der Waals surface area contributed by atoms with Gasteiger partial charge in [-0.25, -0.2) is 4.98 Å². The SMILES string of the molecule is CCN1C(=O)COc2ccc(C(=O)C(C)n3cnc4sc(C(=O)Nc5ccc(C)cc5C)c(C)c4c3=O)cc21. The number of carbonyl (C=O) groups is 3. The number of ether oxygens (including phenoxy) is 1. The number of carbonyl (C=O) groups excluding carboxylic acids is 3. The molecule has 0 saturated heterocycles. The molecule has 1 aliphatic heterocycles. The van der Waals surface area contributed by atoms with Crippen molar-refractivity contribution >= 4 is 50.5 Å². The van der Waals surface area contributed by atoms with Gasteiger partial charge < -0.3 is 15.0 Å². The van der Waals surface area contributed by atoms with Gasteiger partial charge in [0.25, 0.3) is 17.4 Å². The van der Waals surface area contributed by atoms with Crippen LogP contribution in [0.25, 0.3) is 10.2 Å². The number of aromatic nitrogens is 2. The summed E-state index contributed by atoms with van der Waals surface area (Å²) in [4.78, 5) is 59.2. The molecule has 39 heavy (non-hydrogen) atoms. The Kier molecular flexibility index (Phi) is 6.82. The van der Waals surface area contributed by atoms with Crippen LogP contribution < -0.4 is 20.5 Å². The molecule has 0 bridgehead atoms. The third-order valence-electron chi connectivity index (χ3n) is 7.01. The second kappa shape index (κ2) is 10.1. The number of nitrogens with one attached hydrogen (secondary N) is 1. The average molecular weight is 545 g/mol. The summed E-state index contributed by atoms with van der Waals surface area (Å²) in [7, 11) is 0. The molecule has 9 nitrogen and oxygen atoms in total. The van der Waals surface area contributed by atoms with E-state index in [0.717, 1.165) is 22.5 Å². The van der Waals surface area contributed by atoms with E-state index in [4.69, 9.17) is 4.74 Å². The van der Waals surface area contributed by atoms with Crippen LogP contribution >= 0.6 is 11.3 Å². The van der Waals surface area contributed by atoms with Gasteiger partial charge in [0, 0.05) is 17.8 Å². The van der Waals surface area contributed by atoms with Gasteiger partial charge in [0.1, 0.15) is 10.6 Å². The topological polar surface area (TPSA) is 111 Å². The quantitative estimate of drug-likeness (QED) is 0.348. The predicted molar refractivity (Wildman–Crippen MR) is 151 cm³/mol. The van der Waals surface area contributed by atoms with Crippen molar-refractivity contribution in [3.63, 3.8) is 0 Å². The first kappa shape index (κ1) is 26.3. The zero-order valence-corrected chi connectivity index (χ0v) is 23.1. The van der Waals surface area contributed by atoms with E-state index in [1.54, 1.807) is 36.9 Å². The third-order valence-corrected chi connectivity index (χ3v) is 8.21. The summed E-state index contributed by atoms with van der Waals surface area (Å²) in [5.74, 6) is -0.278. The number of fused-ring (bicyclic) bond motifs is 2. The molecule has 0 saturated carbocycles. The van der Waals surface area contributed by atoms with Crippen molar-refractivity contribution in [1.82, 2.24) is 9.55 Å². The zero-order chi connectivity index (χ0) is 28.0. The predicted octanol–water partition coefficient (Wildman–Crippen LogP) is 4.82. The fraction of sp³-hybridized carbons (Fsp3) is 0.276. The minimum absolute atomic E-state index is 0.0454. The Morgan fingerprint density at radius 3 is 2.62 bits per heavy atom. The van der Waals surface area contributed by atoms with E-state index in [9.17, 15) is 19.2 Å². The van der Waals surface area contributed by atoms with E-state index in [1.165, 1.54) is 10.9 Å². The summed E-state index contributed by atoms with van der Waals surface area (Å²) in [6.07, 6.45) is 1.35. The lowest BCUT2D eigenvalue weighted by atomic mass is 10.0. The van der Waals surface area contributed by atoms with Crippen LogP contribution in [0, 0.1) is 20.8 Å². The molecule has 1 unspecified atom stereocenters. The van der Waals surface area contributed by atoms with Gasteiger partial charge in [0.2, 0.25) is 0 Å². The maximum absolute atomic E-state index is 13.6. The highest BCUT2D eigenvalue weighted by Crippen LogP contribution is 2.34. The van der Waals surface area contributed by atoms with Crippen LogP contribution in [0.15, 0.2) is 47.5 Å². The molecule has 5 rings (SSSR count). The van der Waals surface area contributed by atoms with Gasteiger partial charge >= 0.3 is 0 Å². The maximum Gasteiger partial charge on any atom is 0.266 e. The molecule has 1 N–H and O–H groups in total. The number of thiophene rings is 1. The van der Waals surface area contributed by atoms with Crippen molar-refractivity contribution in [3.8, 4) is 5.75 Å². The van der Waals surface area contributed by atoms with Crippen molar-refractivity contribution in [1.29, 1.82) is 0 Å². The van der Waals surface area contributed by atoms with Crippen LogP contribution in [0.4, 0.5) is 11.4 Å². The van der Waals surface area contributed by atoms with Crippen LogP contribution in [0.5, 0.6) is 5.75 Å². The van der Waals surface area contributed by atoms with E-state index < -0.39 is 11.6 Å². The number of hydrogen-bond acceptors (Lipinski definition) is 7. The number of likely N-dealkylation sites (N-methyl/N-ethyl adjacent to an activating group) is 1. The van der Waals surface area contributed by atoms with Gasteiger partial charge in [-0.2, -0.15) is 0 Å². The van der Waals surface area contributed by atoms with Crippen LogP contribution in [0.3, 0.4) is 0 Å². The largest absolute Gasteiger partial charge is 0.482 e. The number of ketones is 1. The van der Waals surface area contributed by atoms with Crippen LogP contribution in [-0.4, -0.2) is 40.3 Å². The number of rotatable bonds is 6. The molecule has 10 heteroatoms. The number of anilines is 2. The monoisotopic (exact) mass is 544 g/mol. The molecule has 1 atom stereocenters. The van der Waals surface area contributed by atoms with Crippen molar-refractivity contribution in [3.05, 3.63) is 80.2 Å². The fourth-order valence-electron chi connectivity index (χ4n) is 4.83. The fourth-order valence-corrected chi connectivity index (χ4v) is 5.87. The molecule has 1 aliphatic rings. The summed E-state index contributed by atoms with van der Waals surface area (Å²) >= 11 is 1.15.